The molecule has 2 rings (SSSR count). The minimum absolute atomic E-state index is 0.202. The average Bonchev–Trinajstić information content (AvgIpc) is 2.75. The van der Waals surface area contributed by atoms with Gasteiger partial charge in [-0.2, -0.15) is 5.06 Å². The predicted octanol–water partition coefficient (Wildman–Crippen LogP) is 1.63. The molecule has 2 N–H and O–H groups in total. The normalized spacial score (nSPS) is 19.3. The van der Waals surface area contributed by atoms with Crippen LogP contribution in [0.15, 0.2) is 24.3 Å². The standard InChI is InChI=1S/C12H18N2O/c1-10-5-2-3-6-11(10)12(9-13)14-7-4-8-15-14/h2-3,5-6,12H,4,7-9,13H2,1H3. The Morgan fingerprint density at radius 1 is 1.47 bits per heavy atom. The first-order chi connectivity index (χ1) is 7.33. The third-order valence-corrected chi connectivity index (χ3v) is 2.90. The van der Waals surface area contributed by atoms with Crippen LogP contribution >= 0.6 is 0 Å². The van der Waals surface area contributed by atoms with Crippen LogP contribution in [0.1, 0.15) is 23.6 Å². The molecule has 0 aliphatic carbocycles. The molecule has 1 saturated heterocycles. The molecule has 1 atom stereocenters. The highest BCUT2D eigenvalue weighted by Crippen LogP contribution is 2.25. The monoisotopic (exact) mass is 206 g/mol. The molecule has 15 heavy (non-hydrogen) atoms. The van der Waals surface area contributed by atoms with Gasteiger partial charge in [-0.3, -0.25) is 4.84 Å². The molecule has 1 unspecified atom stereocenters. The van der Waals surface area contributed by atoms with E-state index in [2.05, 4.69) is 31.2 Å². The first-order valence-corrected chi connectivity index (χ1v) is 5.48. The second-order valence-corrected chi connectivity index (χ2v) is 3.94. The topological polar surface area (TPSA) is 38.5 Å². The van der Waals surface area contributed by atoms with Crippen LogP contribution in [-0.2, 0) is 4.84 Å². The van der Waals surface area contributed by atoms with Gasteiger partial charge in [0.05, 0.1) is 12.6 Å². The Hall–Kier alpha value is -0.900. The van der Waals surface area contributed by atoms with E-state index in [-0.39, 0.29) is 6.04 Å². The van der Waals surface area contributed by atoms with E-state index in [1.54, 1.807) is 0 Å². The zero-order valence-corrected chi connectivity index (χ0v) is 9.15. The Bertz CT molecular complexity index is 321. The lowest BCUT2D eigenvalue weighted by molar-refractivity contribution is -0.140. The Kier molecular flexibility index (Phi) is 3.36. The summed E-state index contributed by atoms with van der Waals surface area (Å²) >= 11 is 0. The quantitative estimate of drug-likeness (QED) is 0.817. The number of rotatable bonds is 3. The Morgan fingerprint density at radius 3 is 2.87 bits per heavy atom. The lowest BCUT2D eigenvalue weighted by atomic mass is 10.0. The van der Waals surface area contributed by atoms with Crippen molar-refractivity contribution in [3.8, 4) is 0 Å². The zero-order valence-electron chi connectivity index (χ0n) is 9.15. The fourth-order valence-electron chi connectivity index (χ4n) is 2.07. The van der Waals surface area contributed by atoms with Crippen LogP contribution in [0.2, 0.25) is 0 Å². The van der Waals surface area contributed by atoms with Gasteiger partial charge in [-0.05, 0) is 24.5 Å². The van der Waals surface area contributed by atoms with Gasteiger partial charge in [0.1, 0.15) is 0 Å². The molecule has 1 aromatic carbocycles. The minimum atomic E-state index is 0.202. The van der Waals surface area contributed by atoms with Crippen LogP contribution in [0.25, 0.3) is 0 Å². The number of nitrogens with two attached hydrogens (primary N) is 1. The maximum absolute atomic E-state index is 5.83. The van der Waals surface area contributed by atoms with Crippen molar-refractivity contribution in [1.29, 1.82) is 0 Å². The molecule has 0 spiro atoms. The van der Waals surface area contributed by atoms with Crippen LogP contribution in [0.5, 0.6) is 0 Å². The number of benzene rings is 1. The summed E-state index contributed by atoms with van der Waals surface area (Å²) in [5, 5.41) is 2.02. The molecule has 0 aromatic heterocycles. The highest BCUT2D eigenvalue weighted by molar-refractivity contribution is 5.28. The Morgan fingerprint density at radius 2 is 2.27 bits per heavy atom. The second kappa shape index (κ2) is 4.75. The Labute approximate surface area is 90.8 Å². The second-order valence-electron chi connectivity index (χ2n) is 3.94. The highest BCUT2D eigenvalue weighted by Gasteiger charge is 2.24. The molecule has 0 saturated carbocycles. The SMILES string of the molecule is Cc1ccccc1C(CN)N1CCCO1. The van der Waals surface area contributed by atoms with Crippen LogP contribution in [0.4, 0.5) is 0 Å². The van der Waals surface area contributed by atoms with Crippen molar-refractivity contribution in [2.24, 2.45) is 5.73 Å². The van der Waals surface area contributed by atoms with Crippen molar-refractivity contribution in [1.82, 2.24) is 5.06 Å². The summed E-state index contributed by atoms with van der Waals surface area (Å²) < 4.78 is 0. The first-order valence-electron chi connectivity index (χ1n) is 5.48. The molecular formula is C12H18N2O. The van der Waals surface area contributed by atoms with Crippen molar-refractivity contribution >= 4 is 0 Å². The van der Waals surface area contributed by atoms with Crippen molar-refractivity contribution in [2.75, 3.05) is 19.7 Å². The molecule has 0 amide bonds. The zero-order chi connectivity index (χ0) is 10.7. The van der Waals surface area contributed by atoms with Crippen LogP contribution in [0.3, 0.4) is 0 Å². The van der Waals surface area contributed by atoms with E-state index in [1.807, 2.05) is 5.06 Å². The van der Waals surface area contributed by atoms with Gasteiger partial charge in [0, 0.05) is 13.1 Å². The fraction of sp³-hybridized carbons (Fsp3) is 0.500. The molecule has 1 aliphatic rings. The number of hydroxylamine groups is 2. The van der Waals surface area contributed by atoms with E-state index in [0.29, 0.717) is 6.54 Å². The molecule has 0 radical (unpaired) electrons. The summed E-state index contributed by atoms with van der Waals surface area (Å²) in [7, 11) is 0. The van der Waals surface area contributed by atoms with Gasteiger partial charge >= 0.3 is 0 Å². The first kappa shape index (κ1) is 10.6. The predicted molar refractivity (Wildman–Crippen MR) is 60.2 cm³/mol. The van der Waals surface area contributed by atoms with Crippen LogP contribution in [-0.4, -0.2) is 24.8 Å². The molecule has 3 nitrogen and oxygen atoms in total. The van der Waals surface area contributed by atoms with Crippen molar-refractivity contribution in [3.63, 3.8) is 0 Å². The number of nitrogens with zero attached hydrogens (tertiary/aromatic N) is 1. The van der Waals surface area contributed by atoms with Crippen molar-refractivity contribution in [2.45, 2.75) is 19.4 Å². The Balaban J connectivity index is 2.22. The third kappa shape index (κ3) is 2.20. The van der Waals surface area contributed by atoms with E-state index < -0.39 is 0 Å². The van der Waals surface area contributed by atoms with Gasteiger partial charge in [-0.15, -0.1) is 0 Å². The number of hydrogen-bond acceptors (Lipinski definition) is 3. The average molecular weight is 206 g/mol. The van der Waals surface area contributed by atoms with Gasteiger partial charge in [-0.1, -0.05) is 24.3 Å². The summed E-state index contributed by atoms with van der Waals surface area (Å²) in [6.45, 7) is 4.53. The number of hydrogen-bond donors (Lipinski definition) is 1. The summed E-state index contributed by atoms with van der Waals surface area (Å²) in [6.07, 6.45) is 1.10. The fourth-order valence-corrected chi connectivity index (χ4v) is 2.07. The molecule has 1 heterocycles. The van der Waals surface area contributed by atoms with Gasteiger partial charge < -0.3 is 5.73 Å². The maximum atomic E-state index is 5.83. The molecule has 82 valence electrons. The summed E-state index contributed by atoms with van der Waals surface area (Å²) in [6, 6.07) is 8.56. The van der Waals surface area contributed by atoms with Gasteiger partial charge in [0.15, 0.2) is 0 Å². The molecule has 1 aromatic rings. The summed E-state index contributed by atoms with van der Waals surface area (Å²) in [4.78, 5) is 5.57. The summed E-state index contributed by atoms with van der Waals surface area (Å²) in [5.41, 5.74) is 8.39. The van der Waals surface area contributed by atoms with Gasteiger partial charge in [0.2, 0.25) is 0 Å². The van der Waals surface area contributed by atoms with E-state index in [1.165, 1.54) is 11.1 Å². The van der Waals surface area contributed by atoms with E-state index in [9.17, 15) is 0 Å². The third-order valence-electron chi connectivity index (χ3n) is 2.90. The highest BCUT2D eigenvalue weighted by atomic mass is 16.7. The smallest absolute Gasteiger partial charge is 0.0726 e. The number of aryl methyl sites for hydroxylation is 1. The van der Waals surface area contributed by atoms with Gasteiger partial charge in [-0.25, -0.2) is 0 Å². The summed E-state index contributed by atoms with van der Waals surface area (Å²) in [5.74, 6) is 0. The molecule has 0 bridgehead atoms. The molecule has 1 fully saturated rings. The van der Waals surface area contributed by atoms with Crippen LogP contribution in [0, 0.1) is 6.92 Å². The maximum Gasteiger partial charge on any atom is 0.0726 e. The molecule has 3 heteroatoms. The largest absolute Gasteiger partial charge is 0.329 e. The van der Waals surface area contributed by atoms with Gasteiger partial charge in [0.25, 0.3) is 0 Å². The van der Waals surface area contributed by atoms with Crippen molar-refractivity contribution in [3.05, 3.63) is 35.4 Å². The van der Waals surface area contributed by atoms with Crippen molar-refractivity contribution < 1.29 is 4.84 Å². The lowest BCUT2D eigenvalue weighted by Gasteiger charge is -2.26. The lowest BCUT2D eigenvalue weighted by Crippen LogP contribution is -2.31. The van der Waals surface area contributed by atoms with E-state index >= 15 is 0 Å². The molecule has 1 aliphatic heterocycles. The van der Waals surface area contributed by atoms with E-state index in [4.69, 9.17) is 10.6 Å². The van der Waals surface area contributed by atoms with Crippen LogP contribution < -0.4 is 5.73 Å². The minimum Gasteiger partial charge on any atom is -0.329 e. The molecular weight excluding hydrogens is 188 g/mol. The van der Waals surface area contributed by atoms with E-state index in [0.717, 1.165) is 19.6 Å².